The number of ether oxygens (including phenoxy) is 2. The molecule has 0 unspecified atom stereocenters. The Morgan fingerprint density at radius 2 is 1.84 bits per heavy atom. The minimum Gasteiger partial charge on any atom is -0.493 e. The Morgan fingerprint density at radius 1 is 1.12 bits per heavy atom. The number of amides is 1. The number of amidine groups is 1. The molecule has 0 N–H and O–H groups in total. The highest BCUT2D eigenvalue weighted by atomic mass is 32.2. The summed E-state index contributed by atoms with van der Waals surface area (Å²) in [4.78, 5) is 21.3. The lowest BCUT2D eigenvalue weighted by molar-refractivity contribution is -0.124. The minimum absolute atomic E-state index is 0.0392. The molecule has 1 heterocycles. The standard InChI is InChI=1S/C25H31N3O3S/c1-30-22-16-18(12-13-21(22)31-15-14-26)17-23-24(29)28(20-10-6-3-7-11-20)25(32-23)27-19-8-4-2-5-9-19/h12-13,16-17,19-20H,2-11,15H2,1H3. The van der Waals surface area contributed by atoms with Crippen molar-refractivity contribution in [2.75, 3.05) is 13.7 Å². The summed E-state index contributed by atoms with van der Waals surface area (Å²) in [6.07, 6.45) is 13.6. The zero-order valence-electron chi connectivity index (χ0n) is 18.7. The number of rotatable bonds is 6. The van der Waals surface area contributed by atoms with E-state index in [1.807, 2.05) is 29.2 Å². The Morgan fingerprint density at radius 3 is 2.53 bits per heavy atom. The lowest BCUT2D eigenvalue weighted by atomic mass is 9.94. The topological polar surface area (TPSA) is 74.9 Å². The van der Waals surface area contributed by atoms with Crippen LogP contribution in [-0.4, -0.2) is 41.8 Å². The molecule has 1 aliphatic heterocycles. The predicted molar refractivity (Wildman–Crippen MR) is 128 cm³/mol. The van der Waals surface area contributed by atoms with Gasteiger partial charge in [0.25, 0.3) is 5.91 Å². The highest BCUT2D eigenvalue weighted by Gasteiger charge is 2.39. The molecule has 0 bridgehead atoms. The third-order valence-electron chi connectivity index (χ3n) is 6.42. The van der Waals surface area contributed by atoms with Crippen LogP contribution in [0.1, 0.15) is 69.8 Å². The number of methoxy groups -OCH3 is 1. The maximum absolute atomic E-state index is 13.5. The van der Waals surface area contributed by atoms with Gasteiger partial charge in [-0.25, -0.2) is 0 Å². The van der Waals surface area contributed by atoms with Crippen LogP contribution < -0.4 is 9.47 Å². The Bertz CT molecular complexity index is 925. The number of hydrogen-bond acceptors (Lipinski definition) is 6. The van der Waals surface area contributed by atoms with Gasteiger partial charge in [-0.3, -0.25) is 14.7 Å². The summed E-state index contributed by atoms with van der Waals surface area (Å²) in [5.41, 5.74) is 0.865. The van der Waals surface area contributed by atoms with Gasteiger partial charge in [0.1, 0.15) is 6.07 Å². The molecular formula is C25H31N3O3S. The molecule has 3 aliphatic rings. The molecule has 32 heavy (non-hydrogen) atoms. The number of nitrogens with zero attached hydrogens (tertiary/aromatic N) is 3. The molecular weight excluding hydrogens is 422 g/mol. The van der Waals surface area contributed by atoms with E-state index in [1.54, 1.807) is 13.2 Å². The van der Waals surface area contributed by atoms with E-state index >= 15 is 0 Å². The smallest absolute Gasteiger partial charge is 0.266 e. The summed E-state index contributed by atoms with van der Waals surface area (Å²) in [6, 6.07) is 8.07. The van der Waals surface area contributed by atoms with E-state index < -0.39 is 0 Å². The lowest BCUT2D eigenvalue weighted by Crippen LogP contribution is -2.41. The summed E-state index contributed by atoms with van der Waals surface area (Å²) in [6.45, 7) is -0.0392. The second-order valence-electron chi connectivity index (χ2n) is 8.64. The van der Waals surface area contributed by atoms with Crippen molar-refractivity contribution in [2.24, 2.45) is 4.99 Å². The van der Waals surface area contributed by atoms with Crippen LogP contribution in [0.5, 0.6) is 11.5 Å². The van der Waals surface area contributed by atoms with E-state index in [0.29, 0.717) is 22.4 Å². The third-order valence-corrected chi connectivity index (χ3v) is 7.42. The van der Waals surface area contributed by atoms with Crippen LogP contribution in [0, 0.1) is 11.3 Å². The van der Waals surface area contributed by atoms with Crippen molar-refractivity contribution in [3.05, 3.63) is 28.7 Å². The van der Waals surface area contributed by atoms with Gasteiger partial charge in [-0.05, 0) is 61.2 Å². The molecule has 1 saturated heterocycles. The fourth-order valence-electron chi connectivity index (χ4n) is 4.76. The van der Waals surface area contributed by atoms with Crippen molar-refractivity contribution < 1.29 is 14.3 Å². The second kappa shape index (κ2) is 10.9. The molecule has 7 heteroatoms. The molecule has 6 nitrogen and oxygen atoms in total. The van der Waals surface area contributed by atoms with Crippen molar-refractivity contribution in [1.29, 1.82) is 5.26 Å². The van der Waals surface area contributed by atoms with E-state index in [-0.39, 0.29) is 18.6 Å². The number of thioether (sulfide) groups is 1. The van der Waals surface area contributed by atoms with Crippen LogP contribution in [0.2, 0.25) is 0 Å². The first-order valence-corrected chi connectivity index (χ1v) is 12.5. The van der Waals surface area contributed by atoms with Gasteiger partial charge < -0.3 is 9.47 Å². The van der Waals surface area contributed by atoms with Crippen LogP contribution in [0.25, 0.3) is 6.08 Å². The fourth-order valence-corrected chi connectivity index (χ4v) is 5.87. The number of hydrogen-bond donors (Lipinski definition) is 0. The normalized spacial score (nSPS) is 23.0. The van der Waals surface area contributed by atoms with Gasteiger partial charge >= 0.3 is 0 Å². The average molecular weight is 454 g/mol. The Kier molecular flexibility index (Phi) is 7.75. The maximum atomic E-state index is 13.5. The van der Waals surface area contributed by atoms with Crippen molar-refractivity contribution in [1.82, 2.24) is 4.90 Å². The van der Waals surface area contributed by atoms with Gasteiger partial charge in [0.2, 0.25) is 0 Å². The monoisotopic (exact) mass is 453 g/mol. The van der Waals surface area contributed by atoms with Crippen LogP contribution in [0.15, 0.2) is 28.1 Å². The average Bonchev–Trinajstić information content (AvgIpc) is 3.13. The number of carbonyl (C=O) groups excluding carboxylic acids is 1. The molecule has 2 aliphatic carbocycles. The van der Waals surface area contributed by atoms with Gasteiger partial charge in [-0.2, -0.15) is 5.26 Å². The van der Waals surface area contributed by atoms with E-state index in [1.165, 1.54) is 50.3 Å². The molecule has 170 valence electrons. The van der Waals surface area contributed by atoms with Crippen molar-refractivity contribution in [2.45, 2.75) is 76.3 Å². The number of nitriles is 1. The van der Waals surface area contributed by atoms with Gasteiger partial charge in [-0.15, -0.1) is 0 Å². The zero-order chi connectivity index (χ0) is 22.3. The van der Waals surface area contributed by atoms with Crippen molar-refractivity contribution in [3.63, 3.8) is 0 Å². The molecule has 0 aromatic heterocycles. The fraction of sp³-hybridized carbons (Fsp3) is 0.560. The van der Waals surface area contributed by atoms with E-state index in [2.05, 4.69) is 0 Å². The van der Waals surface area contributed by atoms with Gasteiger partial charge in [0.15, 0.2) is 23.3 Å². The van der Waals surface area contributed by atoms with Gasteiger partial charge in [0, 0.05) is 6.04 Å². The van der Waals surface area contributed by atoms with Crippen LogP contribution in [0.3, 0.4) is 0 Å². The molecule has 0 spiro atoms. The Hall–Kier alpha value is -2.46. The van der Waals surface area contributed by atoms with E-state index in [0.717, 1.165) is 36.4 Å². The Balaban J connectivity index is 1.61. The lowest BCUT2D eigenvalue weighted by Gasteiger charge is -2.31. The summed E-state index contributed by atoms with van der Waals surface area (Å²) >= 11 is 1.51. The molecule has 3 fully saturated rings. The summed E-state index contributed by atoms with van der Waals surface area (Å²) < 4.78 is 10.8. The summed E-state index contributed by atoms with van der Waals surface area (Å²) in [5, 5.41) is 9.65. The Labute approximate surface area is 194 Å². The zero-order valence-corrected chi connectivity index (χ0v) is 19.5. The highest BCUT2D eigenvalue weighted by molar-refractivity contribution is 8.18. The predicted octanol–water partition coefficient (Wildman–Crippen LogP) is 5.54. The molecule has 1 aromatic carbocycles. The highest BCUT2D eigenvalue weighted by Crippen LogP contribution is 2.39. The summed E-state index contributed by atoms with van der Waals surface area (Å²) in [7, 11) is 1.57. The quantitative estimate of drug-likeness (QED) is 0.529. The molecule has 1 aromatic rings. The number of benzene rings is 1. The molecule has 0 atom stereocenters. The first-order valence-electron chi connectivity index (χ1n) is 11.7. The second-order valence-corrected chi connectivity index (χ2v) is 9.65. The van der Waals surface area contributed by atoms with Gasteiger partial charge in [-0.1, -0.05) is 44.6 Å². The minimum atomic E-state index is -0.0392. The third kappa shape index (κ3) is 5.29. The van der Waals surface area contributed by atoms with Crippen LogP contribution in [0.4, 0.5) is 0 Å². The number of aliphatic imine (C=N–C) groups is 1. The van der Waals surface area contributed by atoms with Crippen molar-refractivity contribution in [3.8, 4) is 17.6 Å². The van der Waals surface area contributed by atoms with Crippen LogP contribution in [-0.2, 0) is 4.79 Å². The molecule has 1 amide bonds. The first kappa shape index (κ1) is 22.7. The molecule has 2 saturated carbocycles. The summed E-state index contributed by atoms with van der Waals surface area (Å²) in [5.74, 6) is 1.13. The van der Waals surface area contributed by atoms with Crippen LogP contribution >= 0.6 is 11.8 Å². The van der Waals surface area contributed by atoms with Gasteiger partial charge in [0.05, 0.1) is 18.1 Å². The first-order chi connectivity index (χ1) is 15.7. The van der Waals surface area contributed by atoms with Crippen molar-refractivity contribution >= 4 is 28.9 Å². The SMILES string of the molecule is COc1cc(C=C2SC(=NC3CCCCC3)N(C3CCCCC3)C2=O)ccc1OCC#N. The maximum Gasteiger partial charge on any atom is 0.266 e. The number of carbonyl (C=O) groups is 1. The largest absolute Gasteiger partial charge is 0.493 e. The molecule has 0 radical (unpaired) electrons. The van der Waals surface area contributed by atoms with E-state index in [9.17, 15) is 4.79 Å². The molecule has 4 rings (SSSR count). The van der Waals surface area contributed by atoms with E-state index in [4.69, 9.17) is 19.7 Å².